The van der Waals surface area contributed by atoms with E-state index in [4.69, 9.17) is 31.5 Å². The normalized spacial score (nSPS) is 12.7. The van der Waals surface area contributed by atoms with Crippen molar-refractivity contribution in [2.24, 2.45) is 0 Å². The molecule has 12 aromatic rings. The lowest BCUT2D eigenvalue weighted by atomic mass is 9.81. The predicted molar refractivity (Wildman–Crippen MR) is 283 cm³/mol. The van der Waals surface area contributed by atoms with Crippen molar-refractivity contribution in [2.45, 2.75) is 25.7 Å². The SMILES string of the molecule is CC1(C)c2ccccc2-c2c1c1ccc3c4cc(-c5ccc(Cc6ccc(-c7nc(-c8ccccc8)nc(-c8cccc(-c9ccc(Cl)cc9)c8)n7)cc6)cn5)ccc4[nH]c3c1n2-c1ccccc1. The first-order valence-electron chi connectivity index (χ1n) is 23.4. The molecule has 0 unspecified atom stereocenters. The number of aromatic amines is 1. The van der Waals surface area contributed by atoms with Gasteiger partial charge in [0, 0.05) is 71.8 Å². The number of pyridine rings is 1. The number of hydrogen-bond donors (Lipinski definition) is 1. The average Bonchev–Trinajstić information content (AvgIpc) is 4.03. The minimum Gasteiger partial charge on any atom is -0.353 e. The van der Waals surface area contributed by atoms with Crippen LogP contribution in [-0.2, 0) is 11.8 Å². The Morgan fingerprint density at radius 1 is 0.507 bits per heavy atom. The monoisotopic (exact) mass is 906 g/mol. The van der Waals surface area contributed by atoms with Crippen LogP contribution in [0.15, 0.2) is 206 Å². The van der Waals surface area contributed by atoms with Crippen molar-refractivity contribution >= 4 is 44.3 Å². The Labute approximate surface area is 404 Å². The first kappa shape index (κ1) is 40.8. The molecule has 1 aliphatic carbocycles. The zero-order valence-corrected chi connectivity index (χ0v) is 38.7. The Morgan fingerprint density at radius 2 is 1.13 bits per heavy atom. The summed E-state index contributed by atoms with van der Waals surface area (Å²) >= 11 is 6.20. The van der Waals surface area contributed by atoms with Crippen molar-refractivity contribution in [1.29, 1.82) is 0 Å². The molecule has 13 rings (SSSR count). The number of H-pyrrole nitrogens is 1. The molecule has 0 radical (unpaired) electrons. The van der Waals surface area contributed by atoms with Gasteiger partial charge in [-0.2, -0.15) is 0 Å². The molecule has 0 saturated heterocycles. The van der Waals surface area contributed by atoms with E-state index in [2.05, 4.69) is 157 Å². The summed E-state index contributed by atoms with van der Waals surface area (Å²) in [6.07, 6.45) is 2.75. The molecule has 4 aromatic heterocycles. The van der Waals surface area contributed by atoms with Crippen LogP contribution in [0.5, 0.6) is 0 Å². The van der Waals surface area contributed by atoms with Crippen LogP contribution in [0.25, 0.3) is 106 Å². The van der Waals surface area contributed by atoms with Crippen LogP contribution < -0.4 is 0 Å². The van der Waals surface area contributed by atoms with Crippen LogP contribution in [-0.4, -0.2) is 29.5 Å². The van der Waals surface area contributed by atoms with E-state index >= 15 is 0 Å². The highest BCUT2D eigenvalue weighted by molar-refractivity contribution is 6.30. The predicted octanol–water partition coefficient (Wildman–Crippen LogP) is 15.7. The molecule has 1 aliphatic rings. The number of fused-ring (bicyclic) bond motifs is 9. The second kappa shape index (κ2) is 16.1. The molecule has 0 fully saturated rings. The molecule has 6 nitrogen and oxygen atoms in total. The summed E-state index contributed by atoms with van der Waals surface area (Å²) in [6, 6.07) is 70.1. The molecule has 69 heavy (non-hydrogen) atoms. The van der Waals surface area contributed by atoms with E-state index in [1.54, 1.807) is 0 Å². The molecule has 8 aromatic carbocycles. The second-order valence-electron chi connectivity index (χ2n) is 18.5. The molecule has 0 aliphatic heterocycles. The number of benzene rings is 8. The lowest BCUT2D eigenvalue weighted by Gasteiger charge is -2.21. The van der Waals surface area contributed by atoms with Gasteiger partial charge >= 0.3 is 0 Å². The van der Waals surface area contributed by atoms with Crippen LogP contribution in [0.2, 0.25) is 5.02 Å². The van der Waals surface area contributed by atoms with Gasteiger partial charge in [-0.25, -0.2) is 15.0 Å². The largest absolute Gasteiger partial charge is 0.353 e. The third-order valence-corrected chi connectivity index (χ3v) is 14.2. The van der Waals surface area contributed by atoms with Crippen molar-refractivity contribution in [1.82, 2.24) is 29.5 Å². The van der Waals surface area contributed by atoms with Gasteiger partial charge in [-0.3, -0.25) is 4.98 Å². The van der Waals surface area contributed by atoms with Gasteiger partial charge in [0.2, 0.25) is 0 Å². The molecule has 328 valence electrons. The van der Waals surface area contributed by atoms with Crippen LogP contribution in [0.4, 0.5) is 0 Å². The fraction of sp³-hybridized carbons (Fsp3) is 0.0645. The minimum absolute atomic E-state index is 0.139. The van der Waals surface area contributed by atoms with Gasteiger partial charge < -0.3 is 9.55 Å². The summed E-state index contributed by atoms with van der Waals surface area (Å²) in [5.74, 6) is 1.86. The summed E-state index contributed by atoms with van der Waals surface area (Å²) in [5, 5.41) is 4.37. The Bertz CT molecular complexity index is 3930. The zero-order valence-electron chi connectivity index (χ0n) is 38.0. The first-order valence-corrected chi connectivity index (χ1v) is 23.7. The molecule has 7 heteroatoms. The Balaban J connectivity index is 0.800. The topological polar surface area (TPSA) is 72.3 Å². The van der Waals surface area contributed by atoms with Crippen LogP contribution in [0.1, 0.15) is 36.1 Å². The number of para-hydroxylation sites is 1. The number of nitrogens with zero attached hydrogens (tertiary/aromatic N) is 5. The van der Waals surface area contributed by atoms with Gasteiger partial charge in [-0.1, -0.05) is 177 Å². The summed E-state index contributed by atoms with van der Waals surface area (Å²) in [4.78, 5) is 23.9. The first-order chi connectivity index (χ1) is 33.8. The maximum Gasteiger partial charge on any atom is 0.164 e. The van der Waals surface area contributed by atoms with Crippen molar-refractivity contribution in [3.05, 3.63) is 234 Å². The standard InChI is InChI=1S/C62H43ClN6/c1-62(2)52-19-10-9-18-49(52)57-55(62)50-31-30-48-51-36-44(27-33-54(51)65-56(48)58(50)69(57)47-16-7-4-8-17-47)53-32-22-39(37-64-53)34-38-20-23-42(24-21-38)60-66-59(41-12-5-3-6-13-41)67-61(68-60)45-15-11-14-43(35-45)40-25-28-46(63)29-26-40/h3-33,35-37,65H,34H2,1-2H3. The van der Waals surface area contributed by atoms with E-state index in [1.807, 2.05) is 72.9 Å². The highest BCUT2D eigenvalue weighted by Gasteiger charge is 2.41. The van der Waals surface area contributed by atoms with E-state index in [1.165, 1.54) is 49.6 Å². The van der Waals surface area contributed by atoms with Crippen LogP contribution >= 0.6 is 11.6 Å². The molecular weight excluding hydrogens is 864 g/mol. The smallest absolute Gasteiger partial charge is 0.164 e. The average molecular weight is 908 g/mol. The van der Waals surface area contributed by atoms with Gasteiger partial charge in [-0.15, -0.1) is 0 Å². The number of hydrogen-bond acceptors (Lipinski definition) is 4. The van der Waals surface area contributed by atoms with E-state index in [-0.39, 0.29) is 5.41 Å². The van der Waals surface area contributed by atoms with E-state index < -0.39 is 0 Å². The molecule has 0 amide bonds. The van der Waals surface area contributed by atoms with Crippen molar-refractivity contribution in [3.63, 3.8) is 0 Å². The molecule has 4 heterocycles. The summed E-state index contributed by atoms with van der Waals surface area (Å²) in [6.45, 7) is 4.73. The summed E-state index contributed by atoms with van der Waals surface area (Å²) in [5.41, 5.74) is 19.0. The molecular formula is C62H43ClN6. The van der Waals surface area contributed by atoms with Crippen LogP contribution in [0.3, 0.4) is 0 Å². The molecule has 0 atom stereocenters. The molecule has 0 saturated carbocycles. The summed E-state index contributed by atoms with van der Waals surface area (Å²) < 4.78 is 2.49. The van der Waals surface area contributed by atoms with E-state index in [0.717, 1.165) is 67.8 Å². The quantitative estimate of drug-likeness (QED) is 0.165. The minimum atomic E-state index is -0.139. The molecule has 0 spiro atoms. The third-order valence-electron chi connectivity index (χ3n) is 13.9. The lowest BCUT2D eigenvalue weighted by molar-refractivity contribution is 0.666. The zero-order chi connectivity index (χ0) is 46.2. The van der Waals surface area contributed by atoms with Gasteiger partial charge in [0.1, 0.15) is 0 Å². The molecule has 0 bridgehead atoms. The van der Waals surface area contributed by atoms with Gasteiger partial charge in [0.15, 0.2) is 17.5 Å². The second-order valence-corrected chi connectivity index (χ2v) is 19.0. The fourth-order valence-electron chi connectivity index (χ4n) is 10.5. The van der Waals surface area contributed by atoms with Crippen molar-refractivity contribution < 1.29 is 0 Å². The van der Waals surface area contributed by atoms with Gasteiger partial charge in [0.05, 0.1) is 22.4 Å². The van der Waals surface area contributed by atoms with E-state index in [0.29, 0.717) is 22.5 Å². The Morgan fingerprint density at radius 3 is 1.88 bits per heavy atom. The van der Waals surface area contributed by atoms with Gasteiger partial charge in [0.25, 0.3) is 0 Å². The maximum absolute atomic E-state index is 6.20. The third kappa shape index (κ3) is 6.94. The molecule has 1 N–H and O–H groups in total. The number of aromatic nitrogens is 6. The number of rotatable bonds is 8. The lowest BCUT2D eigenvalue weighted by Crippen LogP contribution is -2.14. The Hall–Kier alpha value is -8.45. The fourth-order valence-corrected chi connectivity index (χ4v) is 10.7. The highest BCUT2D eigenvalue weighted by Crippen LogP contribution is 2.54. The Kier molecular flexibility index (Phi) is 9.53. The van der Waals surface area contributed by atoms with Gasteiger partial charge in [-0.05, 0) is 88.3 Å². The number of nitrogens with one attached hydrogen (secondary N) is 1. The van der Waals surface area contributed by atoms with Crippen molar-refractivity contribution in [2.75, 3.05) is 0 Å². The van der Waals surface area contributed by atoms with E-state index in [9.17, 15) is 0 Å². The highest BCUT2D eigenvalue weighted by atomic mass is 35.5. The number of halogens is 1. The summed E-state index contributed by atoms with van der Waals surface area (Å²) in [7, 11) is 0. The van der Waals surface area contributed by atoms with Crippen molar-refractivity contribution in [3.8, 4) is 73.5 Å². The van der Waals surface area contributed by atoms with Crippen LogP contribution in [0, 0.1) is 0 Å². The maximum atomic E-state index is 6.20.